The second kappa shape index (κ2) is 8.86. The van der Waals surface area contributed by atoms with Crippen molar-refractivity contribution in [1.82, 2.24) is 0 Å². The van der Waals surface area contributed by atoms with Crippen molar-refractivity contribution >= 4 is 23.2 Å². The summed E-state index contributed by atoms with van der Waals surface area (Å²) in [6.45, 7) is 5.18. The van der Waals surface area contributed by atoms with E-state index in [9.17, 15) is 9.18 Å². The van der Waals surface area contributed by atoms with E-state index in [1.54, 1.807) is 36.4 Å². The van der Waals surface area contributed by atoms with Crippen LogP contribution < -0.4 is 19.9 Å². The minimum atomic E-state index is -0.653. The third-order valence-electron chi connectivity index (χ3n) is 5.17. The molecule has 1 saturated heterocycles. The Morgan fingerprint density at radius 2 is 1.57 bits per heavy atom. The highest BCUT2D eigenvalue weighted by Crippen LogP contribution is 2.26. The molecule has 5 nitrogen and oxygen atoms in total. The first kappa shape index (κ1) is 19.8. The molecule has 3 aromatic carbocycles. The van der Waals surface area contributed by atoms with Crippen molar-refractivity contribution in [2.75, 3.05) is 41.3 Å². The first-order valence-electron chi connectivity index (χ1n) is 9.98. The van der Waals surface area contributed by atoms with Crippen LogP contribution in [0.2, 0.25) is 0 Å². The number of benzene rings is 3. The Bertz CT molecular complexity index is 1000. The molecule has 1 fully saturated rings. The number of hydrogen-bond donors (Lipinski definition) is 1. The highest BCUT2D eigenvalue weighted by molar-refractivity contribution is 5.86. The number of aryl methyl sites for hydroxylation is 1. The van der Waals surface area contributed by atoms with E-state index >= 15 is 0 Å². The first-order chi connectivity index (χ1) is 14.6. The van der Waals surface area contributed by atoms with Crippen LogP contribution in [0.5, 0.6) is 5.75 Å². The summed E-state index contributed by atoms with van der Waals surface area (Å²) in [7, 11) is 0. The lowest BCUT2D eigenvalue weighted by molar-refractivity contribution is 0.215. The lowest BCUT2D eigenvalue weighted by Gasteiger charge is -2.37. The van der Waals surface area contributed by atoms with Crippen LogP contribution >= 0.6 is 0 Å². The molecule has 0 spiro atoms. The zero-order valence-corrected chi connectivity index (χ0v) is 16.8. The van der Waals surface area contributed by atoms with Crippen LogP contribution in [0.1, 0.15) is 5.56 Å². The van der Waals surface area contributed by atoms with Crippen molar-refractivity contribution in [3.63, 3.8) is 0 Å². The normalized spacial score (nSPS) is 13.8. The van der Waals surface area contributed by atoms with Crippen LogP contribution in [-0.2, 0) is 0 Å². The van der Waals surface area contributed by atoms with Gasteiger partial charge in [0, 0.05) is 37.6 Å². The Morgan fingerprint density at radius 1 is 0.900 bits per heavy atom. The average Bonchev–Trinajstić information content (AvgIpc) is 2.75. The molecule has 0 aliphatic carbocycles. The molecule has 1 heterocycles. The fourth-order valence-electron chi connectivity index (χ4n) is 3.54. The minimum Gasteiger partial charge on any atom is -0.410 e. The summed E-state index contributed by atoms with van der Waals surface area (Å²) in [6.07, 6.45) is -0.653. The van der Waals surface area contributed by atoms with E-state index in [1.807, 2.05) is 11.0 Å². The molecular formula is C24H24FN3O2. The van der Waals surface area contributed by atoms with E-state index in [-0.39, 0.29) is 5.82 Å². The molecule has 1 aliphatic rings. The van der Waals surface area contributed by atoms with Crippen LogP contribution in [-0.4, -0.2) is 32.3 Å². The van der Waals surface area contributed by atoms with Gasteiger partial charge in [0.2, 0.25) is 0 Å². The lowest BCUT2D eigenvalue weighted by atomic mass is 10.2. The predicted octanol–water partition coefficient (Wildman–Crippen LogP) is 5.07. The summed E-state index contributed by atoms with van der Waals surface area (Å²) in [6, 6.07) is 21.9. The van der Waals surface area contributed by atoms with Crippen molar-refractivity contribution in [3.05, 3.63) is 84.2 Å². The summed E-state index contributed by atoms with van der Waals surface area (Å²) in [5.74, 6) is 0.0647. The minimum absolute atomic E-state index is 0.357. The number of amides is 1. The van der Waals surface area contributed by atoms with Gasteiger partial charge < -0.3 is 14.5 Å². The summed E-state index contributed by atoms with van der Waals surface area (Å²) in [5.41, 5.74) is 3.33. The van der Waals surface area contributed by atoms with Gasteiger partial charge in [-0.25, -0.2) is 9.18 Å². The molecule has 0 radical (unpaired) electrons. The number of ether oxygens (including phenoxy) is 1. The molecule has 30 heavy (non-hydrogen) atoms. The summed E-state index contributed by atoms with van der Waals surface area (Å²) >= 11 is 0. The number of nitrogens with one attached hydrogen (secondary N) is 1. The zero-order chi connectivity index (χ0) is 20.9. The lowest BCUT2D eigenvalue weighted by Crippen LogP contribution is -2.46. The van der Waals surface area contributed by atoms with Crippen LogP contribution in [0, 0.1) is 12.7 Å². The van der Waals surface area contributed by atoms with Gasteiger partial charge in [-0.3, -0.25) is 5.32 Å². The molecule has 154 valence electrons. The highest BCUT2D eigenvalue weighted by atomic mass is 19.1. The number of para-hydroxylation sites is 1. The summed E-state index contributed by atoms with van der Waals surface area (Å²) in [4.78, 5) is 16.3. The monoisotopic (exact) mass is 405 g/mol. The number of nitrogens with zero attached hydrogens (tertiary/aromatic N) is 2. The maximum absolute atomic E-state index is 14.7. The predicted molar refractivity (Wildman–Crippen MR) is 118 cm³/mol. The van der Waals surface area contributed by atoms with Gasteiger partial charge in [0.15, 0.2) is 0 Å². The van der Waals surface area contributed by atoms with Gasteiger partial charge in [0.1, 0.15) is 11.6 Å². The molecule has 1 amide bonds. The van der Waals surface area contributed by atoms with E-state index in [0.717, 1.165) is 26.2 Å². The van der Waals surface area contributed by atoms with E-state index in [4.69, 9.17) is 4.74 Å². The molecular weight excluding hydrogens is 381 g/mol. The smallest absolute Gasteiger partial charge is 0.410 e. The molecule has 0 aromatic heterocycles. The van der Waals surface area contributed by atoms with Crippen LogP contribution in [0.3, 0.4) is 0 Å². The molecule has 6 heteroatoms. The third kappa shape index (κ3) is 4.71. The van der Waals surface area contributed by atoms with Crippen molar-refractivity contribution < 1.29 is 13.9 Å². The first-order valence-corrected chi connectivity index (χ1v) is 9.98. The topological polar surface area (TPSA) is 44.8 Å². The molecule has 1 aliphatic heterocycles. The molecule has 1 N–H and O–H groups in total. The van der Waals surface area contributed by atoms with Gasteiger partial charge in [-0.2, -0.15) is 0 Å². The zero-order valence-electron chi connectivity index (χ0n) is 16.8. The molecule has 0 atom stereocenters. The van der Waals surface area contributed by atoms with E-state index < -0.39 is 6.09 Å². The fourth-order valence-corrected chi connectivity index (χ4v) is 3.54. The van der Waals surface area contributed by atoms with Crippen molar-refractivity contribution in [2.45, 2.75) is 6.92 Å². The van der Waals surface area contributed by atoms with Crippen molar-refractivity contribution in [3.8, 4) is 5.75 Å². The Hall–Kier alpha value is -3.54. The van der Waals surface area contributed by atoms with Gasteiger partial charge in [0.25, 0.3) is 0 Å². The molecule has 4 rings (SSSR count). The SMILES string of the molecule is Cc1ccc(N2CCN(c3ccc(NC(=O)Oc4ccccc4)cc3F)CC2)cc1. The molecule has 0 saturated carbocycles. The number of anilines is 3. The number of carbonyl (C=O) groups excluding carboxylic acids is 1. The summed E-state index contributed by atoms with van der Waals surface area (Å²) in [5, 5.41) is 2.57. The number of piperazine rings is 1. The van der Waals surface area contributed by atoms with Crippen LogP contribution in [0.4, 0.5) is 26.2 Å². The largest absolute Gasteiger partial charge is 0.417 e. The van der Waals surface area contributed by atoms with E-state index in [0.29, 0.717) is 17.1 Å². The number of carbonyl (C=O) groups is 1. The molecule has 3 aromatic rings. The molecule has 0 bridgehead atoms. The maximum atomic E-state index is 14.7. The van der Waals surface area contributed by atoms with E-state index in [1.165, 1.54) is 17.3 Å². The molecule has 0 unspecified atom stereocenters. The highest BCUT2D eigenvalue weighted by Gasteiger charge is 2.20. The van der Waals surface area contributed by atoms with Crippen LogP contribution in [0.25, 0.3) is 0 Å². The van der Waals surface area contributed by atoms with Crippen molar-refractivity contribution in [2.24, 2.45) is 0 Å². The Balaban J connectivity index is 1.35. The average molecular weight is 405 g/mol. The van der Waals surface area contributed by atoms with Gasteiger partial charge in [-0.05, 0) is 49.4 Å². The van der Waals surface area contributed by atoms with E-state index in [2.05, 4.69) is 41.4 Å². The Morgan fingerprint density at radius 3 is 2.23 bits per heavy atom. The Kier molecular flexibility index (Phi) is 5.84. The summed E-state index contributed by atoms with van der Waals surface area (Å²) < 4.78 is 19.9. The van der Waals surface area contributed by atoms with Gasteiger partial charge in [0.05, 0.1) is 5.69 Å². The number of rotatable bonds is 4. The quantitative estimate of drug-likeness (QED) is 0.658. The number of halogens is 1. The van der Waals surface area contributed by atoms with Crippen LogP contribution in [0.15, 0.2) is 72.8 Å². The van der Waals surface area contributed by atoms with Gasteiger partial charge >= 0.3 is 6.09 Å². The number of hydrogen-bond acceptors (Lipinski definition) is 4. The maximum Gasteiger partial charge on any atom is 0.417 e. The fraction of sp³-hybridized carbons (Fsp3) is 0.208. The Labute approximate surface area is 175 Å². The standard InChI is InChI=1S/C24H24FN3O2/c1-18-7-10-20(11-8-18)27-13-15-28(16-14-27)23-12-9-19(17-22(23)25)26-24(29)30-21-5-3-2-4-6-21/h2-12,17H,13-16H2,1H3,(H,26,29). The third-order valence-corrected chi connectivity index (χ3v) is 5.17. The van der Waals surface area contributed by atoms with Gasteiger partial charge in [-0.1, -0.05) is 35.9 Å². The second-order valence-corrected chi connectivity index (χ2v) is 7.30. The van der Waals surface area contributed by atoms with Gasteiger partial charge in [-0.15, -0.1) is 0 Å². The second-order valence-electron chi connectivity index (χ2n) is 7.30. The van der Waals surface area contributed by atoms with Crippen molar-refractivity contribution in [1.29, 1.82) is 0 Å².